The van der Waals surface area contributed by atoms with Gasteiger partial charge >= 0.3 is 0 Å². The van der Waals surface area contributed by atoms with Crippen molar-refractivity contribution in [1.82, 2.24) is 19.9 Å². The summed E-state index contributed by atoms with van der Waals surface area (Å²) >= 11 is 1.40. The van der Waals surface area contributed by atoms with Gasteiger partial charge in [-0.15, -0.1) is 11.3 Å². The zero-order valence-corrected chi connectivity index (χ0v) is 33.9. The van der Waals surface area contributed by atoms with E-state index >= 15 is 0 Å². The number of halogens is 2. The van der Waals surface area contributed by atoms with Gasteiger partial charge in [0, 0.05) is 22.9 Å². The molecular weight excluding hydrogens is 775 g/mol. The maximum Gasteiger partial charge on any atom is 0.259 e. The van der Waals surface area contributed by atoms with Gasteiger partial charge in [0.15, 0.2) is 5.13 Å². The minimum atomic E-state index is -4.09. The number of alkyl halides is 2. The number of anilines is 1. The standard InChI is InChI=1S/C41H48F2N6O6S2/c1-40(2,3)34-37(51)49-21-25(19-32(49)36(50)46-41(20-31(41)35(42)43)38(52)48-57(53,54)26-15-16-26)55-47-33-29-13-9-8-12-27(29)28-17-14-23(18-30(28)33)10-6-4-5-7-11-24-22-56-39(44-24)45-34/h8-9,12-14,17-18,22,25-26,31-32,34-35H,4-7,10-11,15-16,19-21H2,1-3H3,(H,44,45)(H,46,50)(H,48,52)/b47-33-/t25-,31+,32+,34-,41-/m1/s1. The van der Waals surface area contributed by atoms with E-state index in [1.807, 2.05) is 55.1 Å². The highest BCUT2D eigenvalue weighted by atomic mass is 32.2. The second-order valence-corrected chi connectivity index (χ2v) is 19.9. The number of sulfonamides is 1. The van der Waals surface area contributed by atoms with E-state index in [1.165, 1.54) is 21.8 Å². The normalized spacial score (nSPS) is 27.3. The van der Waals surface area contributed by atoms with Crippen LogP contribution in [-0.2, 0) is 42.1 Å². The Balaban J connectivity index is 1.13. The molecule has 8 rings (SSSR count). The molecule has 2 aliphatic heterocycles. The summed E-state index contributed by atoms with van der Waals surface area (Å²) in [5, 5.41) is 12.3. The van der Waals surface area contributed by atoms with E-state index in [4.69, 9.17) is 15.0 Å². The minimum absolute atomic E-state index is 0.0570. The summed E-state index contributed by atoms with van der Waals surface area (Å²) in [7, 11) is -4.09. The molecule has 16 heteroatoms. The predicted octanol–water partition coefficient (Wildman–Crippen LogP) is 5.80. The van der Waals surface area contributed by atoms with Gasteiger partial charge in [-0.25, -0.2) is 22.2 Å². The molecule has 0 radical (unpaired) electrons. The van der Waals surface area contributed by atoms with Gasteiger partial charge in [0.25, 0.3) is 5.91 Å². The Bertz CT molecular complexity index is 2220. The molecule has 3 amide bonds. The van der Waals surface area contributed by atoms with E-state index in [0.29, 0.717) is 23.7 Å². The topological polar surface area (TPSA) is 159 Å². The number of nitrogens with one attached hydrogen (secondary N) is 3. The van der Waals surface area contributed by atoms with Gasteiger partial charge in [0.1, 0.15) is 29.4 Å². The number of benzene rings is 2. The van der Waals surface area contributed by atoms with Crippen LogP contribution in [0, 0.1) is 11.3 Å². The summed E-state index contributed by atoms with van der Waals surface area (Å²) in [5.74, 6) is -4.10. The number of carbonyl (C=O) groups is 3. The van der Waals surface area contributed by atoms with Gasteiger partial charge in [-0.2, -0.15) is 0 Å². The summed E-state index contributed by atoms with van der Waals surface area (Å²) in [5.41, 5.74) is 3.78. The van der Waals surface area contributed by atoms with Crippen LogP contribution in [0.5, 0.6) is 0 Å². The van der Waals surface area contributed by atoms with Gasteiger partial charge in [-0.1, -0.05) is 75.2 Å². The smallest absolute Gasteiger partial charge is 0.259 e. The van der Waals surface area contributed by atoms with E-state index in [9.17, 15) is 31.6 Å². The number of hydrogen-bond acceptors (Lipinski definition) is 10. The Morgan fingerprint density at radius 3 is 2.44 bits per heavy atom. The SMILES string of the molecule is CC(C)(C)[C@@H]1Nc2nc(cs2)CCCCCCc2ccc3c(c2)/C(=N\O[C@@H]2C[C@@H](C(=O)N[C@]4(C(=O)NS(=O)(=O)C5CC5)C[C@H]4C(F)F)N(C2)C1=O)c1ccccc1-3. The molecule has 6 bridgehead atoms. The van der Waals surface area contributed by atoms with Crippen molar-refractivity contribution in [2.75, 3.05) is 11.9 Å². The summed E-state index contributed by atoms with van der Waals surface area (Å²) in [6, 6.07) is 12.2. The van der Waals surface area contributed by atoms with Gasteiger partial charge in [-0.3, -0.25) is 19.1 Å². The van der Waals surface area contributed by atoms with E-state index in [1.54, 1.807) is 0 Å². The molecule has 57 heavy (non-hydrogen) atoms. The predicted molar refractivity (Wildman–Crippen MR) is 212 cm³/mol. The van der Waals surface area contributed by atoms with Crippen molar-refractivity contribution in [3.05, 3.63) is 70.2 Å². The fourth-order valence-electron chi connectivity index (χ4n) is 8.29. The summed E-state index contributed by atoms with van der Waals surface area (Å²) in [6.07, 6.45) is 2.27. The average Bonchev–Trinajstić information content (AvgIpc) is 4.03. The maximum absolute atomic E-state index is 14.8. The number of nitrogens with zero attached hydrogens (tertiary/aromatic N) is 3. The van der Waals surface area contributed by atoms with Crippen molar-refractivity contribution >= 4 is 49.9 Å². The summed E-state index contributed by atoms with van der Waals surface area (Å²) in [6.45, 7) is 5.62. The number of carbonyl (C=O) groups excluding carboxylic acids is 3. The third-order valence-corrected chi connectivity index (χ3v) is 14.4. The fourth-order valence-corrected chi connectivity index (χ4v) is 10.4. The number of hydrogen-bond donors (Lipinski definition) is 3. The lowest BCUT2D eigenvalue weighted by molar-refractivity contribution is -0.141. The number of aryl methyl sites for hydroxylation is 2. The second kappa shape index (κ2) is 15.1. The van der Waals surface area contributed by atoms with Gasteiger partial charge in [0.2, 0.25) is 28.3 Å². The third kappa shape index (κ3) is 7.91. The lowest BCUT2D eigenvalue weighted by atomic mass is 9.85. The summed E-state index contributed by atoms with van der Waals surface area (Å²) in [4.78, 5) is 54.9. The highest BCUT2D eigenvalue weighted by molar-refractivity contribution is 7.91. The molecule has 2 aromatic carbocycles. The van der Waals surface area contributed by atoms with E-state index in [0.717, 1.165) is 66.5 Å². The van der Waals surface area contributed by atoms with Crippen molar-refractivity contribution in [2.24, 2.45) is 16.5 Å². The first-order valence-corrected chi connectivity index (χ1v) is 22.2. The van der Waals surface area contributed by atoms with Gasteiger partial charge in [-0.05, 0) is 73.1 Å². The van der Waals surface area contributed by atoms with Crippen molar-refractivity contribution in [3.8, 4) is 11.1 Å². The van der Waals surface area contributed by atoms with Crippen molar-refractivity contribution in [1.29, 1.82) is 0 Å². The van der Waals surface area contributed by atoms with Crippen LogP contribution in [-0.4, -0.2) is 83.7 Å². The van der Waals surface area contributed by atoms with Gasteiger partial charge < -0.3 is 20.4 Å². The Kier molecular flexibility index (Phi) is 10.4. The lowest BCUT2D eigenvalue weighted by Gasteiger charge is -2.35. The Labute approximate surface area is 335 Å². The molecule has 3 N–H and O–H groups in total. The van der Waals surface area contributed by atoms with Crippen LogP contribution in [0.1, 0.15) is 94.5 Å². The average molecular weight is 823 g/mol. The van der Waals surface area contributed by atoms with Crippen LogP contribution in [0.4, 0.5) is 13.9 Å². The zero-order chi connectivity index (χ0) is 40.3. The van der Waals surface area contributed by atoms with Crippen molar-refractivity contribution < 1.29 is 36.4 Å². The minimum Gasteiger partial charge on any atom is -0.390 e. The highest BCUT2D eigenvalue weighted by Crippen LogP contribution is 2.48. The lowest BCUT2D eigenvalue weighted by Crippen LogP contribution is -2.59. The quantitative estimate of drug-likeness (QED) is 0.220. The van der Waals surface area contributed by atoms with E-state index in [2.05, 4.69) is 28.8 Å². The molecule has 5 atom stereocenters. The number of amides is 3. The first-order chi connectivity index (χ1) is 27.1. The van der Waals surface area contributed by atoms with Crippen LogP contribution >= 0.6 is 11.3 Å². The molecule has 0 spiro atoms. The number of rotatable bonds is 6. The number of aromatic nitrogens is 1. The van der Waals surface area contributed by atoms with Gasteiger partial charge in [0.05, 0.1) is 23.4 Å². The molecule has 5 aliphatic rings. The zero-order valence-electron chi connectivity index (χ0n) is 32.2. The van der Waals surface area contributed by atoms with E-state index < -0.39 is 80.9 Å². The highest BCUT2D eigenvalue weighted by Gasteiger charge is 2.67. The second-order valence-electron chi connectivity index (χ2n) is 17.1. The first-order valence-electron chi connectivity index (χ1n) is 19.8. The van der Waals surface area contributed by atoms with Crippen molar-refractivity contribution in [2.45, 2.75) is 120 Å². The van der Waals surface area contributed by atoms with Crippen LogP contribution in [0.2, 0.25) is 0 Å². The molecule has 3 aliphatic carbocycles. The fraction of sp³-hybridized carbons (Fsp3) is 0.537. The van der Waals surface area contributed by atoms with E-state index in [-0.39, 0.29) is 13.0 Å². The Morgan fingerprint density at radius 1 is 1.02 bits per heavy atom. The number of oxime groups is 1. The third-order valence-electron chi connectivity index (χ3n) is 11.8. The van der Waals surface area contributed by atoms with Crippen LogP contribution < -0.4 is 15.4 Å². The molecule has 304 valence electrons. The van der Waals surface area contributed by atoms with Crippen LogP contribution in [0.25, 0.3) is 11.1 Å². The number of fused-ring (bicyclic) bond motifs is 8. The van der Waals surface area contributed by atoms with Crippen LogP contribution in [0.3, 0.4) is 0 Å². The Morgan fingerprint density at radius 2 is 1.74 bits per heavy atom. The first kappa shape index (κ1) is 39.4. The molecule has 3 heterocycles. The largest absolute Gasteiger partial charge is 0.390 e. The van der Waals surface area contributed by atoms with Crippen molar-refractivity contribution in [3.63, 3.8) is 0 Å². The molecular formula is C41H48F2N6O6S2. The molecule has 2 saturated carbocycles. The molecule has 0 unspecified atom stereocenters. The monoisotopic (exact) mass is 822 g/mol. The molecule has 12 nitrogen and oxygen atoms in total. The molecule has 3 aromatic rings. The Hall–Kier alpha value is -4.44. The molecule has 1 saturated heterocycles. The maximum atomic E-state index is 14.8. The number of thiazole rings is 1. The molecule has 1 aromatic heterocycles. The van der Waals surface area contributed by atoms with Crippen LogP contribution in [0.15, 0.2) is 53.0 Å². The molecule has 3 fully saturated rings. The summed E-state index contributed by atoms with van der Waals surface area (Å²) < 4.78 is 55.8.